The van der Waals surface area contributed by atoms with Gasteiger partial charge in [0.2, 0.25) is 5.95 Å². The molecule has 0 aliphatic rings. The van der Waals surface area contributed by atoms with Crippen LogP contribution in [0.5, 0.6) is 5.75 Å². The number of hydrogen-bond donors (Lipinski definition) is 1. The van der Waals surface area contributed by atoms with Crippen LogP contribution in [0, 0.1) is 0 Å². The van der Waals surface area contributed by atoms with Crippen molar-refractivity contribution in [1.82, 2.24) is 19.7 Å². The van der Waals surface area contributed by atoms with Gasteiger partial charge in [-0.05, 0) is 26.0 Å². The number of nitrogens with zero attached hydrogens (tertiary/aromatic N) is 4. The summed E-state index contributed by atoms with van der Waals surface area (Å²) in [6.45, 7) is 3.77. The number of benzene rings is 1. The molecule has 0 saturated heterocycles. The van der Waals surface area contributed by atoms with Crippen molar-refractivity contribution < 1.29 is 17.9 Å². The van der Waals surface area contributed by atoms with E-state index >= 15 is 0 Å². The molecular formula is C18H18F3N5O. The summed E-state index contributed by atoms with van der Waals surface area (Å²) in [7, 11) is 1.50. The number of alkyl halides is 3. The predicted octanol–water partition coefficient (Wildman–Crippen LogP) is 4.69. The second-order valence-electron chi connectivity index (χ2n) is 6.08. The van der Waals surface area contributed by atoms with Crippen molar-refractivity contribution in [2.75, 3.05) is 12.4 Å². The van der Waals surface area contributed by atoms with Gasteiger partial charge in [-0.1, -0.05) is 12.1 Å². The monoisotopic (exact) mass is 377 g/mol. The molecule has 0 unspecified atom stereocenters. The fraction of sp³-hybridized carbons (Fsp3) is 0.278. The van der Waals surface area contributed by atoms with E-state index in [0.29, 0.717) is 11.4 Å². The Morgan fingerprint density at radius 3 is 2.52 bits per heavy atom. The van der Waals surface area contributed by atoms with E-state index in [1.807, 2.05) is 13.8 Å². The van der Waals surface area contributed by atoms with Gasteiger partial charge in [-0.2, -0.15) is 18.3 Å². The minimum Gasteiger partial charge on any atom is -0.495 e. The first-order valence-corrected chi connectivity index (χ1v) is 8.18. The van der Waals surface area contributed by atoms with E-state index in [1.54, 1.807) is 28.9 Å². The van der Waals surface area contributed by atoms with Gasteiger partial charge < -0.3 is 10.1 Å². The normalized spacial score (nSPS) is 11.7. The summed E-state index contributed by atoms with van der Waals surface area (Å²) in [6.07, 6.45) is -0.912. The summed E-state index contributed by atoms with van der Waals surface area (Å²) in [5.41, 5.74) is -0.344. The molecule has 0 bridgehead atoms. The van der Waals surface area contributed by atoms with Crippen molar-refractivity contribution in [2.24, 2.45) is 0 Å². The number of methoxy groups -OCH3 is 1. The van der Waals surface area contributed by atoms with Gasteiger partial charge in [0.1, 0.15) is 11.3 Å². The average molecular weight is 377 g/mol. The van der Waals surface area contributed by atoms with Crippen molar-refractivity contribution in [3.8, 4) is 17.0 Å². The zero-order chi connectivity index (χ0) is 19.6. The van der Waals surface area contributed by atoms with Gasteiger partial charge in [0.15, 0.2) is 0 Å². The van der Waals surface area contributed by atoms with Crippen LogP contribution in [0.3, 0.4) is 0 Å². The first-order valence-electron chi connectivity index (χ1n) is 8.18. The maximum Gasteiger partial charge on any atom is 0.419 e. The predicted molar refractivity (Wildman–Crippen MR) is 94.9 cm³/mol. The Morgan fingerprint density at radius 1 is 1.15 bits per heavy atom. The van der Waals surface area contributed by atoms with Crippen LogP contribution in [0.15, 0.2) is 42.9 Å². The Hall–Kier alpha value is -3.10. The smallest absolute Gasteiger partial charge is 0.419 e. The van der Waals surface area contributed by atoms with Crippen molar-refractivity contribution >= 4 is 11.6 Å². The number of hydrogen-bond acceptors (Lipinski definition) is 5. The lowest BCUT2D eigenvalue weighted by Crippen LogP contribution is -2.11. The number of anilines is 2. The van der Waals surface area contributed by atoms with E-state index in [9.17, 15) is 13.2 Å². The van der Waals surface area contributed by atoms with Gasteiger partial charge in [-0.15, -0.1) is 0 Å². The molecule has 1 N–H and O–H groups in total. The lowest BCUT2D eigenvalue weighted by Gasteiger charge is -2.14. The molecule has 0 radical (unpaired) electrons. The molecule has 3 rings (SSSR count). The highest BCUT2D eigenvalue weighted by Gasteiger charge is 2.36. The summed E-state index contributed by atoms with van der Waals surface area (Å²) in [5, 5.41) is 7.00. The maximum atomic E-state index is 13.4. The number of aromatic nitrogens is 4. The third kappa shape index (κ3) is 4.02. The highest BCUT2D eigenvalue weighted by atomic mass is 19.4. The zero-order valence-corrected chi connectivity index (χ0v) is 14.9. The van der Waals surface area contributed by atoms with Gasteiger partial charge in [-0.3, -0.25) is 4.68 Å². The third-order valence-corrected chi connectivity index (χ3v) is 3.85. The Labute approximate surface area is 154 Å². The molecule has 2 aromatic heterocycles. The van der Waals surface area contributed by atoms with Gasteiger partial charge in [0, 0.05) is 24.0 Å². The van der Waals surface area contributed by atoms with E-state index in [1.165, 1.54) is 19.5 Å². The second-order valence-corrected chi connectivity index (χ2v) is 6.08. The van der Waals surface area contributed by atoms with Crippen LogP contribution in [0.25, 0.3) is 11.3 Å². The summed E-state index contributed by atoms with van der Waals surface area (Å²) in [6, 6.07) is 7.00. The summed E-state index contributed by atoms with van der Waals surface area (Å²) < 4.78 is 47.1. The van der Waals surface area contributed by atoms with Crippen molar-refractivity contribution in [2.45, 2.75) is 26.1 Å². The molecule has 0 atom stereocenters. The molecule has 0 fully saturated rings. The first-order chi connectivity index (χ1) is 12.8. The number of rotatable bonds is 5. The molecule has 27 heavy (non-hydrogen) atoms. The standard InChI is InChI=1S/C18H18F3N5O/c1-11(2)26-10-12(8-23-26)16-13(18(19,20)21)9-22-17(25-16)24-14-6-4-5-7-15(14)27-3/h4-11H,1-3H3,(H,22,24,25). The van der Waals surface area contributed by atoms with Crippen molar-refractivity contribution in [3.63, 3.8) is 0 Å². The minimum atomic E-state index is -4.59. The number of ether oxygens (including phenoxy) is 1. The Morgan fingerprint density at radius 2 is 1.89 bits per heavy atom. The summed E-state index contributed by atoms with van der Waals surface area (Å²) >= 11 is 0. The molecular weight excluding hydrogens is 359 g/mol. The Kier molecular flexibility index (Phi) is 5.02. The van der Waals surface area contributed by atoms with Gasteiger partial charge in [-0.25, -0.2) is 9.97 Å². The Balaban J connectivity index is 2.05. The largest absolute Gasteiger partial charge is 0.495 e. The highest BCUT2D eigenvalue weighted by Crippen LogP contribution is 2.36. The van der Waals surface area contributed by atoms with Crippen LogP contribution in [-0.2, 0) is 6.18 Å². The summed E-state index contributed by atoms with van der Waals surface area (Å²) in [4.78, 5) is 7.92. The zero-order valence-electron chi connectivity index (χ0n) is 14.9. The number of halogens is 3. The molecule has 2 heterocycles. The molecule has 0 saturated carbocycles. The molecule has 0 aliphatic heterocycles. The number of para-hydroxylation sites is 2. The molecule has 0 spiro atoms. The average Bonchev–Trinajstić information content (AvgIpc) is 3.11. The Bertz CT molecular complexity index is 937. The molecule has 6 nitrogen and oxygen atoms in total. The van der Waals surface area contributed by atoms with E-state index in [0.717, 1.165) is 6.20 Å². The van der Waals surface area contributed by atoms with Gasteiger partial charge in [0.25, 0.3) is 0 Å². The topological polar surface area (TPSA) is 64.9 Å². The summed E-state index contributed by atoms with van der Waals surface area (Å²) in [5.74, 6) is 0.551. The van der Waals surface area contributed by atoms with E-state index in [-0.39, 0.29) is 23.2 Å². The minimum absolute atomic E-state index is 0.0149. The van der Waals surface area contributed by atoms with Crippen LogP contribution < -0.4 is 10.1 Å². The lowest BCUT2D eigenvalue weighted by molar-refractivity contribution is -0.137. The van der Waals surface area contributed by atoms with Crippen LogP contribution in [0.4, 0.5) is 24.8 Å². The number of nitrogens with one attached hydrogen (secondary N) is 1. The molecule has 9 heteroatoms. The molecule has 0 amide bonds. The first kappa shape index (κ1) is 18.7. The fourth-order valence-electron chi connectivity index (χ4n) is 2.48. The van der Waals surface area contributed by atoms with Crippen LogP contribution in [0.1, 0.15) is 25.5 Å². The van der Waals surface area contributed by atoms with E-state index in [2.05, 4.69) is 20.4 Å². The van der Waals surface area contributed by atoms with Gasteiger partial charge in [0.05, 0.1) is 24.7 Å². The third-order valence-electron chi connectivity index (χ3n) is 3.85. The van der Waals surface area contributed by atoms with E-state index in [4.69, 9.17) is 4.74 Å². The fourth-order valence-corrected chi connectivity index (χ4v) is 2.48. The lowest BCUT2D eigenvalue weighted by atomic mass is 10.1. The van der Waals surface area contributed by atoms with Gasteiger partial charge >= 0.3 is 6.18 Å². The molecule has 3 aromatic rings. The molecule has 0 aliphatic carbocycles. The molecule has 142 valence electrons. The SMILES string of the molecule is COc1ccccc1Nc1ncc(C(F)(F)F)c(-c2cnn(C(C)C)c2)n1. The van der Waals surface area contributed by atoms with Crippen LogP contribution in [0.2, 0.25) is 0 Å². The highest BCUT2D eigenvalue weighted by molar-refractivity contribution is 5.67. The second kappa shape index (κ2) is 7.26. The molecule has 1 aromatic carbocycles. The quantitative estimate of drug-likeness (QED) is 0.699. The van der Waals surface area contributed by atoms with E-state index < -0.39 is 11.7 Å². The van der Waals surface area contributed by atoms with Crippen LogP contribution >= 0.6 is 0 Å². The van der Waals surface area contributed by atoms with Crippen LogP contribution in [-0.4, -0.2) is 26.9 Å². The van der Waals surface area contributed by atoms with Crippen molar-refractivity contribution in [3.05, 3.63) is 48.4 Å². The maximum absolute atomic E-state index is 13.4. The van der Waals surface area contributed by atoms with Crippen molar-refractivity contribution in [1.29, 1.82) is 0 Å².